The summed E-state index contributed by atoms with van der Waals surface area (Å²) in [6.45, 7) is 2.32. The summed E-state index contributed by atoms with van der Waals surface area (Å²) < 4.78 is 40.8. The maximum absolute atomic E-state index is 13.6. The molecule has 1 aromatic carbocycles. The summed E-state index contributed by atoms with van der Waals surface area (Å²) in [5, 5.41) is 5.47. The molecular weight excluding hydrogens is 395 g/mol. The van der Waals surface area contributed by atoms with Crippen LogP contribution in [0.15, 0.2) is 18.2 Å². The number of benzene rings is 1. The molecule has 1 saturated carbocycles. The van der Waals surface area contributed by atoms with Gasteiger partial charge in [0.25, 0.3) is 0 Å². The molecule has 2 N–H and O–H groups in total. The second kappa shape index (κ2) is 8.19. The summed E-state index contributed by atoms with van der Waals surface area (Å²) in [4.78, 5) is 26.1. The van der Waals surface area contributed by atoms with Crippen molar-refractivity contribution in [2.75, 3.05) is 13.1 Å². The second-order valence-corrected chi connectivity index (χ2v) is 7.86. The molecule has 1 aliphatic heterocycles. The lowest BCUT2D eigenvalue weighted by Crippen LogP contribution is -2.58. The third kappa shape index (κ3) is 4.54. The highest BCUT2D eigenvalue weighted by Crippen LogP contribution is 2.42. The minimum atomic E-state index is -2.70. The first-order valence-corrected chi connectivity index (χ1v) is 9.73. The molecule has 2 atom stereocenters. The van der Waals surface area contributed by atoms with E-state index in [1.807, 2.05) is 0 Å². The molecule has 3 rings (SSSR count). The zero-order valence-electron chi connectivity index (χ0n) is 15.5. The smallest absolute Gasteiger partial charge is 0.318 e. The fourth-order valence-electron chi connectivity index (χ4n) is 3.85. The Hall–Kier alpha value is -1.96. The Kier molecular flexibility index (Phi) is 6.07. The van der Waals surface area contributed by atoms with E-state index in [2.05, 4.69) is 10.6 Å². The lowest BCUT2D eigenvalue weighted by molar-refractivity contribution is -0.127. The van der Waals surface area contributed by atoms with Crippen LogP contribution in [0.5, 0.6) is 0 Å². The number of hydrogen-bond acceptors (Lipinski definition) is 2. The number of halogens is 4. The van der Waals surface area contributed by atoms with Gasteiger partial charge in [-0.25, -0.2) is 18.0 Å². The van der Waals surface area contributed by atoms with Crippen LogP contribution in [-0.2, 0) is 4.79 Å². The van der Waals surface area contributed by atoms with Crippen molar-refractivity contribution < 1.29 is 22.8 Å². The Bertz CT molecular complexity index is 752. The maximum atomic E-state index is 13.6. The van der Waals surface area contributed by atoms with E-state index in [1.54, 1.807) is 6.92 Å². The van der Waals surface area contributed by atoms with Crippen LogP contribution in [-0.4, -0.2) is 41.9 Å². The van der Waals surface area contributed by atoms with E-state index >= 15 is 0 Å². The molecule has 1 unspecified atom stereocenters. The van der Waals surface area contributed by atoms with E-state index in [0.29, 0.717) is 18.7 Å². The minimum absolute atomic E-state index is 0.0939. The van der Waals surface area contributed by atoms with Crippen LogP contribution in [0.2, 0.25) is 5.02 Å². The zero-order chi connectivity index (χ0) is 20.5. The number of piperazine rings is 1. The standard InChI is InChI=1S/C19H23ClF3N3O2/c1-11-17(27)24-8-9-26(11)18(28)25-16(12-4-6-19(22,23)7-5-12)13-2-3-15(21)14(20)10-13/h2-3,10-12,16H,4-9H2,1H3,(H,24,27)(H,25,28)/t11-,16?/m1/s1. The molecular formula is C19H23ClF3N3O2. The predicted octanol–water partition coefficient (Wildman–Crippen LogP) is 3.88. The first-order valence-electron chi connectivity index (χ1n) is 9.35. The molecule has 5 nitrogen and oxygen atoms in total. The summed E-state index contributed by atoms with van der Waals surface area (Å²) >= 11 is 5.90. The van der Waals surface area contributed by atoms with Crippen molar-refractivity contribution in [3.05, 3.63) is 34.6 Å². The van der Waals surface area contributed by atoms with E-state index in [0.717, 1.165) is 0 Å². The van der Waals surface area contributed by atoms with Crippen molar-refractivity contribution >= 4 is 23.5 Å². The first-order chi connectivity index (χ1) is 13.2. The number of nitrogens with zero attached hydrogens (tertiary/aromatic N) is 1. The highest BCUT2D eigenvalue weighted by Gasteiger charge is 2.39. The van der Waals surface area contributed by atoms with Gasteiger partial charge in [0.15, 0.2) is 0 Å². The topological polar surface area (TPSA) is 61.4 Å². The van der Waals surface area contributed by atoms with E-state index < -0.39 is 29.9 Å². The van der Waals surface area contributed by atoms with Crippen LogP contribution >= 0.6 is 11.6 Å². The summed E-state index contributed by atoms with van der Waals surface area (Å²) in [7, 11) is 0. The average Bonchev–Trinajstić information content (AvgIpc) is 2.64. The molecule has 9 heteroatoms. The summed E-state index contributed by atoms with van der Waals surface area (Å²) in [6.07, 6.45) is -0.0745. The van der Waals surface area contributed by atoms with Gasteiger partial charge in [0.1, 0.15) is 11.9 Å². The largest absolute Gasteiger partial charge is 0.353 e. The van der Waals surface area contributed by atoms with Crippen molar-refractivity contribution in [2.24, 2.45) is 5.92 Å². The molecule has 1 aliphatic carbocycles. The Labute approximate surface area is 166 Å². The summed E-state index contributed by atoms with van der Waals surface area (Å²) in [6, 6.07) is 2.43. The molecule has 3 amide bonds. The van der Waals surface area contributed by atoms with Gasteiger partial charge in [-0.2, -0.15) is 0 Å². The number of carbonyl (C=O) groups is 2. The van der Waals surface area contributed by atoms with Gasteiger partial charge in [0.05, 0.1) is 11.1 Å². The third-order valence-electron chi connectivity index (χ3n) is 5.57. The molecule has 0 radical (unpaired) electrons. The van der Waals surface area contributed by atoms with Crippen LogP contribution in [0.4, 0.5) is 18.0 Å². The van der Waals surface area contributed by atoms with Gasteiger partial charge in [-0.1, -0.05) is 17.7 Å². The van der Waals surface area contributed by atoms with Crippen molar-refractivity contribution in [1.29, 1.82) is 0 Å². The van der Waals surface area contributed by atoms with Crippen molar-refractivity contribution in [3.8, 4) is 0 Å². The molecule has 0 bridgehead atoms. The number of nitrogens with one attached hydrogen (secondary N) is 2. The van der Waals surface area contributed by atoms with Crippen molar-refractivity contribution in [1.82, 2.24) is 15.5 Å². The molecule has 28 heavy (non-hydrogen) atoms. The van der Waals surface area contributed by atoms with Crippen LogP contribution in [0, 0.1) is 11.7 Å². The number of urea groups is 1. The average molecular weight is 418 g/mol. The molecule has 1 saturated heterocycles. The van der Waals surface area contributed by atoms with E-state index in [4.69, 9.17) is 11.6 Å². The van der Waals surface area contributed by atoms with Gasteiger partial charge in [-0.05, 0) is 43.4 Å². The van der Waals surface area contributed by atoms with Gasteiger partial charge in [0, 0.05) is 25.9 Å². The minimum Gasteiger partial charge on any atom is -0.353 e. The highest BCUT2D eigenvalue weighted by molar-refractivity contribution is 6.30. The van der Waals surface area contributed by atoms with Gasteiger partial charge in [-0.15, -0.1) is 0 Å². The second-order valence-electron chi connectivity index (χ2n) is 7.45. The van der Waals surface area contributed by atoms with Crippen LogP contribution < -0.4 is 10.6 Å². The van der Waals surface area contributed by atoms with Gasteiger partial charge in [-0.3, -0.25) is 4.79 Å². The summed E-state index contributed by atoms with van der Waals surface area (Å²) in [5.74, 6) is -3.78. The normalized spacial score (nSPS) is 23.8. The predicted molar refractivity (Wildman–Crippen MR) is 98.8 cm³/mol. The van der Waals surface area contributed by atoms with Crippen LogP contribution in [0.25, 0.3) is 0 Å². The number of carbonyl (C=O) groups excluding carboxylic acids is 2. The van der Waals surface area contributed by atoms with Gasteiger partial charge < -0.3 is 15.5 Å². The van der Waals surface area contributed by atoms with Crippen LogP contribution in [0.3, 0.4) is 0 Å². The molecule has 154 valence electrons. The molecule has 2 fully saturated rings. The monoisotopic (exact) mass is 417 g/mol. The first kappa shape index (κ1) is 20.8. The maximum Gasteiger partial charge on any atom is 0.318 e. The molecule has 1 aromatic rings. The van der Waals surface area contributed by atoms with Gasteiger partial charge >= 0.3 is 6.03 Å². The fourth-order valence-corrected chi connectivity index (χ4v) is 4.04. The lowest BCUT2D eigenvalue weighted by atomic mass is 9.79. The zero-order valence-corrected chi connectivity index (χ0v) is 16.2. The van der Waals surface area contributed by atoms with E-state index in [1.165, 1.54) is 23.1 Å². The lowest BCUT2D eigenvalue weighted by Gasteiger charge is -2.38. The third-order valence-corrected chi connectivity index (χ3v) is 5.86. The van der Waals surface area contributed by atoms with E-state index in [-0.39, 0.29) is 42.5 Å². The van der Waals surface area contributed by atoms with Crippen molar-refractivity contribution in [3.63, 3.8) is 0 Å². The molecule has 1 heterocycles. The Morgan fingerprint density at radius 1 is 1.36 bits per heavy atom. The molecule has 2 aliphatic rings. The van der Waals surface area contributed by atoms with Crippen molar-refractivity contribution in [2.45, 2.75) is 50.6 Å². The van der Waals surface area contributed by atoms with Gasteiger partial charge in [0.2, 0.25) is 11.8 Å². The highest BCUT2D eigenvalue weighted by atomic mass is 35.5. The van der Waals surface area contributed by atoms with E-state index in [9.17, 15) is 22.8 Å². The number of amides is 3. The fraction of sp³-hybridized carbons (Fsp3) is 0.579. The van der Waals surface area contributed by atoms with Crippen LogP contribution in [0.1, 0.15) is 44.2 Å². The molecule has 0 spiro atoms. The molecule has 0 aromatic heterocycles. The SMILES string of the molecule is C[C@@H]1C(=O)NCCN1C(=O)NC(c1ccc(F)c(Cl)c1)C1CCC(F)(F)CC1. The quantitative estimate of drug-likeness (QED) is 0.784. The number of hydrogen-bond donors (Lipinski definition) is 2. The number of rotatable bonds is 3. The number of alkyl halides is 2. The summed E-state index contributed by atoms with van der Waals surface area (Å²) in [5.41, 5.74) is 0.559. The Morgan fingerprint density at radius 3 is 2.68 bits per heavy atom. The Morgan fingerprint density at radius 2 is 2.04 bits per heavy atom. The Balaban J connectivity index is 1.82.